The summed E-state index contributed by atoms with van der Waals surface area (Å²) < 4.78 is 0. The van der Waals surface area contributed by atoms with Crippen LogP contribution in [0.15, 0.2) is 24.3 Å². The van der Waals surface area contributed by atoms with E-state index in [4.69, 9.17) is 0 Å². The highest BCUT2D eigenvalue weighted by atomic mass is 32.1. The van der Waals surface area contributed by atoms with Crippen molar-refractivity contribution in [2.24, 2.45) is 0 Å². The summed E-state index contributed by atoms with van der Waals surface area (Å²) in [6.45, 7) is 2.05. The Morgan fingerprint density at radius 3 is 2.88 bits per heavy atom. The van der Waals surface area contributed by atoms with E-state index in [2.05, 4.69) is 26.1 Å². The van der Waals surface area contributed by atoms with E-state index < -0.39 is 6.04 Å². The molecule has 1 aromatic heterocycles. The zero-order valence-corrected chi connectivity index (χ0v) is 15.1. The number of nitrogens with one attached hydrogen (secondary N) is 3. The molecule has 0 saturated carbocycles. The third-order valence-electron chi connectivity index (χ3n) is 3.89. The van der Waals surface area contributed by atoms with Gasteiger partial charge in [0.1, 0.15) is 11.0 Å². The zero-order valence-electron chi connectivity index (χ0n) is 14.2. The highest BCUT2D eigenvalue weighted by Crippen LogP contribution is 2.20. The summed E-state index contributed by atoms with van der Waals surface area (Å²) >= 11 is 1.34. The molecule has 0 saturated heterocycles. The smallest absolute Gasteiger partial charge is 0.254 e. The number of hydrogen-bond acceptors (Lipinski definition) is 6. The van der Waals surface area contributed by atoms with Crippen molar-refractivity contribution in [1.82, 2.24) is 15.5 Å². The third-order valence-corrected chi connectivity index (χ3v) is 4.79. The van der Waals surface area contributed by atoms with Crippen molar-refractivity contribution in [2.75, 3.05) is 10.6 Å². The Balaban J connectivity index is 1.56. The van der Waals surface area contributed by atoms with Gasteiger partial charge in [0.15, 0.2) is 0 Å². The molecule has 0 fully saturated rings. The van der Waals surface area contributed by atoms with Crippen LogP contribution in [0.2, 0.25) is 0 Å². The fraction of sp³-hybridized carbons (Fsp3) is 0.353. The molecule has 0 bridgehead atoms. The molecule has 3 N–H and O–H groups in total. The second kappa shape index (κ2) is 8.05. The van der Waals surface area contributed by atoms with Gasteiger partial charge in [-0.2, -0.15) is 0 Å². The molecule has 1 aromatic carbocycles. The Labute approximate surface area is 154 Å². The summed E-state index contributed by atoms with van der Waals surface area (Å²) in [6, 6.07) is 6.02. The molecule has 3 rings (SSSR count). The number of benzene rings is 1. The van der Waals surface area contributed by atoms with Crippen LogP contribution in [0.3, 0.4) is 0 Å². The molecule has 26 heavy (non-hydrogen) atoms. The SMILES string of the molecule is CCCc1nnc(NC(=O)CCC2NC(=O)c3ccccc3NC2=O)s1. The van der Waals surface area contributed by atoms with E-state index in [1.54, 1.807) is 24.3 Å². The van der Waals surface area contributed by atoms with Crippen LogP contribution in [0, 0.1) is 0 Å². The second-order valence-corrected chi connectivity index (χ2v) is 6.96. The summed E-state index contributed by atoms with van der Waals surface area (Å²) in [5.74, 6) is -0.942. The Kier molecular flexibility index (Phi) is 5.57. The van der Waals surface area contributed by atoms with Gasteiger partial charge in [-0.3, -0.25) is 14.4 Å². The van der Waals surface area contributed by atoms with Crippen molar-refractivity contribution in [3.63, 3.8) is 0 Å². The van der Waals surface area contributed by atoms with E-state index in [1.165, 1.54) is 11.3 Å². The van der Waals surface area contributed by atoms with Gasteiger partial charge in [0.25, 0.3) is 5.91 Å². The Bertz CT molecular complexity index is 835. The maximum atomic E-state index is 12.3. The van der Waals surface area contributed by atoms with Gasteiger partial charge in [-0.05, 0) is 25.0 Å². The number of aryl methyl sites for hydroxylation is 1. The fourth-order valence-corrected chi connectivity index (χ4v) is 3.45. The lowest BCUT2D eigenvalue weighted by Crippen LogP contribution is -2.41. The fourth-order valence-electron chi connectivity index (χ4n) is 2.59. The molecular formula is C17H19N5O3S. The predicted octanol–water partition coefficient (Wildman–Crippen LogP) is 1.96. The van der Waals surface area contributed by atoms with Crippen molar-refractivity contribution >= 4 is 39.9 Å². The minimum absolute atomic E-state index is 0.0808. The van der Waals surface area contributed by atoms with E-state index in [0.29, 0.717) is 16.4 Å². The highest BCUT2D eigenvalue weighted by molar-refractivity contribution is 7.15. The molecule has 136 valence electrons. The van der Waals surface area contributed by atoms with Crippen molar-refractivity contribution in [2.45, 2.75) is 38.6 Å². The molecule has 9 heteroatoms. The summed E-state index contributed by atoms with van der Waals surface area (Å²) in [4.78, 5) is 36.6. The monoisotopic (exact) mass is 373 g/mol. The van der Waals surface area contributed by atoms with Crippen molar-refractivity contribution in [1.29, 1.82) is 0 Å². The minimum atomic E-state index is -0.772. The van der Waals surface area contributed by atoms with Crippen molar-refractivity contribution < 1.29 is 14.4 Å². The number of carbonyl (C=O) groups is 3. The van der Waals surface area contributed by atoms with Crippen LogP contribution in [-0.2, 0) is 16.0 Å². The van der Waals surface area contributed by atoms with Crippen molar-refractivity contribution in [3.05, 3.63) is 34.8 Å². The Hall–Kier alpha value is -2.81. The van der Waals surface area contributed by atoms with E-state index >= 15 is 0 Å². The van der Waals surface area contributed by atoms with Gasteiger partial charge in [-0.25, -0.2) is 0 Å². The average Bonchev–Trinajstić information content (AvgIpc) is 3.01. The molecule has 0 aliphatic carbocycles. The molecule has 0 radical (unpaired) electrons. The summed E-state index contributed by atoms with van der Waals surface area (Å²) in [7, 11) is 0. The highest BCUT2D eigenvalue weighted by Gasteiger charge is 2.27. The van der Waals surface area contributed by atoms with Gasteiger partial charge in [0.05, 0.1) is 11.3 Å². The van der Waals surface area contributed by atoms with Crippen LogP contribution in [0.4, 0.5) is 10.8 Å². The molecule has 1 aliphatic heterocycles. The number of aromatic nitrogens is 2. The molecule has 8 nitrogen and oxygen atoms in total. The molecule has 0 spiro atoms. The molecule has 2 aromatic rings. The van der Waals surface area contributed by atoms with Crippen LogP contribution in [0.25, 0.3) is 0 Å². The van der Waals surface area contributed by atoms with Crippen LogP contribution in [0.5, 0.6) is 0 Å². The van der Waals surface area contributed by atoms with Crippen LogP contribution >= 0.6 is 11.3 Å². The number of carbonyl (C=O) groups excluding carboxylic acids is 3. The van der Waals surface area contributed by atoms with Gasteiger partial charge in [0, 0.05) is 12.8 Å². The first-order valence-corrected chi connectivity index (χ1v) is 9.21. The predicted molar refractivity (Wildman–Crippen MR) is 98.1 cm³/mol. The molecule has 1 atom stereocenters. The first-order valence-electron chi connectivity index (χ1n) is 8.39. The maximum Gasteiger partial charge on any atom is 0.254 e. The quantitative estimate of drug-likeness (QED) is 0.716. The van der Waals surface area contributed by atoms with E-state index in [9.17, 15) is 14.4 Å². The summed E-state index contributed by atoms with van der Waals surface area (Å²) in [5, 5.41) is 17.3. The average molecular weight is 373 g/mol. The van der Waals surface area contributed by atoms with Crippen LogP contribution in [0.1, 0.15) is 41.6 Å². The zero-order chi connectivity index (χ0) is 18.5. The van der Waals surface area contributed by atoms with E-state index in [0.717, 1.165) is 17.8 Å². The molecule has 2 heterocycles. The van der Waals surface area contributed by atoms with E-state index in [1.807, 2.05) is 6.92 Å². The van der Waals surface area contributed by atoms with Gasteiger partial charge in [0.2, 0.25) is 16.9 Å². The van der Waals surface area contributed by atoms with E-state index in [-0.39, 0.29) is 30.6 Å². The largest absolute Gasteiger partial charge is 0.340 e. The lowest BCUT2D eigenvalue weighted by atomic mass is 10.1. The lowest BCUT2D eigenvalue weighted by molar-refractivity contribution is -0.118. The van der Waals surface area contributed by atoms with Gasteiger partial charge in [-0.1, -0.05) is 30.4 Å². The molecular weight excluding hydrogens is 354 g/mol. The summed E-state index contributed by atoms with van der Waals surface area (Å²) in [6.07, 6.45) is 2.05. The molecule has 1 unspecified atom stereocenters. The third kappa shape index (κ3) is 4.23. The topological polar surface area (TPSA) is 113 Å². The maximum absolute atomic E-state index is 12.3. The number of fused-ring (bicyclic) bond motifs is 1. The molecule has 3 amide bonds. The number of rotatable bonds is 6. The number of anilines is 2. The number of nitrogens with zero attached hydrogens (tertiary/aromatic N) is 2. The number of para-hydroxylation sites is 1. The molecule has 1 aliphatic rings. The number of amides is 3. The number of hydrogen-bond donors (Lipinski definition) is 3. The first kappa shape index (κ1) is 18.0. The standard InChI is InChI=1S/C17H19N5O3S/c1-2-5-14-21-22-17(26-14)20-13(23)9-8-12-16(25)18-11-7-4-3-6-10(11)15(24)19-12/h3-4,6-7,12H,2,5,8-9H2,1H3,(H,18,25)(H,19,24)(H,20,22,23). The van der Waals surface area contributed by atoms with Gasteiger partial charge < -0.3 is 16.0 Å². The second-order valence-electron chi connectivity index (χ2n) is 5.90. The minimum Gasteiger partial charge on any atom is -0.340 e. The lowest BCUT2D eigenvalue weighted by Gasteiger charge is -2.13. The first-order chi connectivity index (χ1) is 12.6. The van der Waals surface area contributed by atoms with Crippen LogP contribution in [-0.4, -0.2) is 34.0 Å². The van der Waals surface area contributed by atoms with Crippen molar-refractivity contribution in [3.8, 4) is 0 Å². The Morgan fingerprint density at radius 1 is 1.27 bits per heavy atom. The summed E-state index contributed by atoms with van der Waals surface area (Å²) in [5.41, 5.74) is 0.879. The van der Waals surface area contributed by atoms with Gasteiger partial charge >= 0.3 is 0 Å². The normalized spacial score (nSPS) is 16.3. The Morgan fingerprint density at radius 2 is 2.08 bits per heavy atom. The van der Waals surface area contributed by atoms with Gasteiger partial charge in [-0.15, -0.1) is 10.2 Å². The van der Waals surface area contributed by atoms with Crippen LogP contribution < -0.4 is 16.0 Å².